The summed E-state index contributed by atoms with van der Waals surface area (Å²) in [7, 11) is 0. The third kappa shape index (κ3) is 3.99. The van der Waals surface area contributed by atoms with Crippen molar-refractivity contribution in [2.75, 3.05) is 0 Å². The minimum absolute atomic E-state index is 0. The van der Waals surface area contributed by atoms with Gasteiger partial charge in [0.25, 0.3) is 0 Å². The Hall–Kier alpha value is -0.0969. The van der Waals surface area contributed by atoms with Crippen LogP contribution in [-0.4, -0.2) is 0 Å². The Labute approximate surface area is 190 Å². The summed E-state index contributed by atoms with van der Waals surface area (Å²) in [6.45, 7) is 19.0. The molecule has 2 aliphatic carbocycles. The van der Waals surface area contributed by atoms with E-state index in [-0.39, 0.29) is 24.8 Å². The number of fused-ring (bicyclic) bond motifs is 1. The number of hydrogen-bond donors (Lipinski definition) is 0. The summed E-state index contributed by atoms with van der Waals surface area (Å²) < 4.78 is 1.11. The zero-order chi connectivity index (χ0) is 18.5. The number of aryl methyl sites for hydroxylation is 2. The Morgan fingerprint density at radius 2 is 1.52 bits per heavy atom. The zero-order valence-electron chi connectivity index (χ0n) is 18.0. The first-order chi connectivity index (χ1) is 11.7. The second-order valence-electron chi connectivity index (χ2n) is 8.22. The predicted octanol–water partition coefficient (Wildman–Crippen LogP) is 1.50. The van der Waals surface area contributed by atoms with Gasteiger partial charge in [0.2, 0.25) is 0 Å². The van der Waals surface area contributed by atoms with E-state index >= 15 is 0 Å². The molecular formula is C24H32Cl2Zr. The topological polar surface area (TPSA) is 0 Å². The molecule has 0 nitrogen and oxygen atoms in total. The molecule has 27 heavy (non-hydrogen) atoms. The molecule has 0 spiro atoms. The van der Waals surface area contributed by atoms with Gasteiger partial charge in [-0.1, -0.05) is 0 Å². The van der Waals surface area contributed by atoms with Crippen LogP contribution >= 0.6 is 0 Å². The van der Waals surface area contributed by atoms with Gasteiger partial charge >= 0.3 is 167 Å². The van der Waals surface area contributed by atoms with Gasteiger partial charge in [-0.05, 0) is 0 Å². The van der Waals surface area contributed by atoms with E-state index in [1.807, 2.05) is 0 Å². The van der Waals surface area contributed by atoms with Crippen LogP contribution < -0.4 is 24.8 Å². The van der Waals surface area contributed by atoms with Crippen LogP contribution in [0.3, 0.4) is 0 Å². The maximum absolute atomic E-state index is 2.58. The minimum Gasteiger partial charge on any atom is -1.00 e. The summed E-state index contributed by atoms with van der Waals surface area (Å²) in [6.07, 6.45) is 5.02. The number of allylic oxidation sites excluding steroid dienone is 5. The fraction of sp³-hybridized carbons (Fsp3) is 0.500. The standard InChI is InChI=1S/C12H13.C12H19.2ClH.Zr/c1-8-6-11-9(2)4-5-10(3)12(11)7-8;1-6-7-12-10(4)8(2)9(3)11(12)5;;;/h4-7H,1-3H3;6-7H2,1-5H3;2*1H;/q;;;;+2/p-2. The molecule has 1 aromatic carbocycles. The molecule has 0 heterocycles. The fourth-order valence-electron chi connectivity index (χ4n) is 4.81. The van der Waals surface area contributed by atoms with Gasteiger partial charge in [-0.25, -0.2) is 0 Å². The largest absolute Gasteiger partial charge is 1.00 e. The van der Waals surface area contributed by atoms with E-state index in [0.717, 1.165) is 3.63 Å². The number of hydrogen-bond acceptors (Lipinski definition) is 0. The van der Waals surface area contributed by atoms with Crippen molar-refractivity contribution in [1.82, 2.24) is 0 Å². The summed E-state index contributed by atoms with van der Waals surface area (Å²) in [5.41, 5.74) is 14.4. The maximum Gasteiger partial charge on any atom is -1.00 e. The van der Waals surface area contributed by atoms with Crippen LogP contribution in [0, 0.1) is 13.8 Å². The smallest absolute Gasteiger partial charge is 1.00 e. The van der Waals surface area contributed by atoms with Crippen LogP contribution in [0.5, 0.6) is 0 Å². The molecule has 0 saturated carbocycles. The molecule has 0 radical (unpaired) electrons. The summed E-state index contributed by atoms with van der Waals surface area (Å²) in [5.74, 6) is 0. The Bertz CT molecular complexity index is 829. The van der Waals surface area contributed by atoms with Gasteiger partial charge in [-0.2, -0.15) is 0 Å². The van der Waals surface area contributed by atoms with Crippen molar-refractivity contribution >= 4 is 6.08 Å². The molecule has 0 aromatic heterocycles. The van der Waals surface area contributed by atoms with Crippen LogP contribution in [0.15, 0.2) is 40.0 Å². The second-order valence-corrected chi connectivity index (χ2v) is 12.8. The Morgan fingerprint density at radius 3 is 2.11 bits per heavy atom. The van der Waals surface area contributed by atoms with Crippen molar-refractivity contribution in [3.8, 4) is 0 Å². The van der Waals surface area contributed by atoms with Gasteiger partial charge in [-0.3, -0.25) is 0 Å². The molecule has 0 amide bonds. The molecule has 1 aromatic rings. The van der Waals surface area contributed by atoms with Crippen LogP contribution in [0.25, 0.3) is 6.08 Å². The third-order valence-electron chi connectivity index (χ3n) is 6.70. The van der Waals surface area contributed by atoms with Crippen molar-refractivity contribution < 1.29 is 48.0 Å². The van der Waals surface area contributed by atoms with Crippen molar-refractivity contribution in [2.45, 2.75) is 75.0 Å². The molecule has 0 fully saturated rings. The molecule has 0 saturated heterocycles. The molecule has 0 N–H and O–H groups in total. The molecule has 0 aliphatic heterocycles. The fourth-order valence-corrected chi connectivity index (χ4v) is 10.5. The predicted molar refractivity (Wildman–Crippen MR) is 107 cm³/mol. The van der Waals surface area contributed by atoms with Crippen LogP contribution in [-0.2, 0) is 23.2 Å². The van der Waals surface area contributed by atoms with Crippen molar-refractivity contribution in [1.29, 1.82) is 0 Å². The first-order valence-electron chi connectivity index (χ1n) is 9.66. The van der Waals surface area contributed by atoms with E-state index in [9.17, 15) is 0 Å². The Balaban J connectivity index is 0.00000182. The molecular weight excluding hydrogens is 450 g/mol. The first-order valence-corrected chi connectivity index (χ1v) is 12.3. The monoisotopic (exact) mass is 480 g/mol. The van der Waals surface area contributed by atoms with Gasteiger partial charge < -0.3 is 24.8 Å². The maximum atomic E-state index is 2.58. The van der Waals surface area contributed by atoms with Gasteiger partial charge in [-0.15, -0.1) is 0 Å². The SMILES string of the molecule is CCCC1=C(C)C(C)=C(C)[C]1(C)[Zr+2][CH]1C(C)=Cc2c(C)ccc(C)c21.[Cl-].[Cl-]. The molecule has 2 atom stereocenters. The second kappa shape index (κ2) is 9.15. The van der Waals surface area contributed by atoms with E-state index in [1.54, 1.807) is 33.4 Å². The Kier molecular flexibility index (Phi) is 8.45. The Morgan fingerprint density at radius 1 is 0.926 bits per heavy atom. The molecule has 0 bridgehead atoms. The molecule has 146 valence electrons. The quantitative estimate of drug-likeness (QED) is 0.610. The average molecular weight is 483 g/mol. The van der Waals surface area contributed by atoms with Gasteiger partial charge in [0.1, 0.15) is 0 Å². The van der Waals surface area contributed by atoms with Crippen LogP contribution in [0.1, 0.15) is 80.3 Å². The third-order valence-corrected chi connectivity index (χ3v) is 12.3. The zero-order valence-corrected chi connectivity index (χ0v) is 21.9. The van der Waals surface area contributed by atoms with Gasteiger partial charge in [0.15, 0.2) is 0 Å². The van der Waals surface area contributed by atoms with Gasteiger partial charge in [0.05, 0.1) is 0 Å². The number of rotatable bonds is 4. The van der Waals surface area contributed by atoms with E-state index in [1.165, 1.54) is 29.5 Å². The molecule has 3 heteroatoms. The first kappa shape index (κ1) is 24.9. The van der Waals surface area contributed by atoms with Crippen molar-refractivity contribution in [2.24, 2.45) is 0 Å². The summed E-state index contributed by atoms with van der Waals surface area (Å²) in [6, 6.07) is 4.64. The minimum atomic E-state index is -0.747. The summed E-state index contributed by atoms with van der Waals surface area (Å²) in [4.78, 5) is 0. The number of benzene rings is 1. The van der Waals surface area contributed by atoms with E-state index in [2.05, 4.69) is 73.6 Å². The molecule has 3 rings (SSSR count). The van der Waals surface area contributed by atoms with Crippen LogP contribution in [0.2, 0.25) is 3.12 Å². The normalized spacial score (nSPS) is 23.6. The van der Waals surface area contributed by atoms with Crippen molar-refractivity contribution in [3.05, 3.63) is 62.3 Å². The van der Waals surface area contributed by atoms with E-state index < -0.39 is 23.2 Å². The average Bonchev–Trinajstić information content (AvgIpc) is 2.97. The summed E-state index contributed by atoms with van der Waals surface area (Å²) in [5, 5.41) is 0. The molecule has 2 aliphatic rings. The number of halogens is 2. The van der Waals surface area contributed by atoms with Gasteiger partial charge in [0, 0.05) is 0 Å². The van der Waals surface area contributed by atoms with E-state index in [0.29, 0.717) is 3.12 Å². The van der Waals surface area contributed by atoms with Crippen molar-refractivity contribution in [3.63, 3.8) is 0 Å². The van der Waals surface area contributed by atoms with Crippen LogP contribution in [0.4, 0.5) is 0 Å². The molecule has 2 unspecified atom stereocenters. The summed E-state index contributed by atoms with van der Waals surface area (Å²) >= 11 is -0.747. The van der Waals surface area contributed by atoms with E-state index in [4.69, 9.17) is 0 Å².